The molecule has 3 aromatic carbocycles. The quantitative estimate of drug-likeness (QED) is 0.320. The number of allylic oxidation sites excluding steroid dienone is 2. The highest BCUT2D eigenvalue weighted by molar-refractivity contribution is 5.84. The first-order valence-electron chi connectivity index (χ1n) is 11.7. The monoisotopic (exact) mass is 440 g/mol. The molecule has 1 aliphatic rings. The van der Waals surface area contributed by atoms with Crippen LogP contribution in [0.15, 0.2) is 109 Å². The van der Waals surface area contributed by atoms with Gasteiger partial charge in [0.1, 0.15) is 0 Å². The van der Waals surface area contributed by atoms with E-state index in [0.29, 0.717) is 0 Å². The zero-order chi connectivity index (χ0) is 23.3. The SMILES string of the molecule is CC1=CCNC(c2ccccc2/C=C/c2ccccc2-c2cc(C)c(-c3ccccc3)cn2)=C1. The minimum absolute atomic E-state index is 0.864. The van der Waals surface area contributed by atoms with Crippen LogP contribution < -0.4 is 5.32 Å². The number of hydrogen-bond acceptors (Lipinski definition) is 2. The average molecular weight is 441 g/mol. The van der Waals surface area contributed by atoms with E-state index in [4.69, 9.17) is 4.98 Å². The molecular weight excluding hydrogens is 412 g/mol. The van der Waals surface area contributed by atoms with E-state index in [9.17, 15) is 0 Å². The van der Waals surface area contributed by atoms with E-state index >= 15 is 0 Å². The molecule has 2 heteroatoms. The summed E-state index contributed by atoms with van der Waals surface area (Å²) < 4.78 is 0. The highest BCUT2D eigenvalue weighted by Gasteiger charge is 2.10. The Kier molecular flexibility index (Phi) is 6.22. The topological polar surface area (TPSA) is 24.9 Å². The Balaban J connectivity index is 1.49. The Labute approximate surface area is 202 Å². The molecule has 166 valence electrons. The number of nitrogens with zero attached hydrogens (tertiary/aromatic N) is 1. The normalized spacial score (nSPS) is 13.4. The summed E-state index contributed by atoms with van der Waals surface area (Å²) in [4.78, 5) is 4.84. The first kappa shape index (κ1) is 21.7. The number of benzene rings is 3. The smallest absolute Gasteiger partial charge is 0.0711 e. The predicted molar refractivity (Wildman–Crippen MR) is 145 cm³/mol. The molecule has 0 amide bonds. The van der Waals surface area contributed by atoms with Crippen molar-refractivity contribution < 1.29 is 0 Å². The molecule has 0 aliphatic carbocycles. The third-order valence-electron chi connectivity index (χ3n) is 6.21. The van der Waals surface area contributed by atoms with Gasteiger partial charge in [-0.05, 0) is 48.2 Å². The number of aryl methyl sites for hydroxylation is 1. The maximum absolute atomic E-state index is 4.84. The van der Waals surface area contributed by atoms with E-state index < -0.39 is 0 Å². The molecule has 1 aromatic heterocycles. The zero-order valence-electron chi connectivity index (χ0n) is 19.6. The van der Waals surface area contributed by atoms with Crippen molar-refractivity contribution in [3.8, 4) is 22.4 Å². The number of rotatable bonds is 5. The number of nitrogens with one attached hydrogen (secondary N) is 1. The lowest BCUT2D eigenvalue weighted by molar-refractivity contribution is 0.981. The standard InChI is InChI=1S/C32H28N2/c1-23-18-19-33-31(20-23)28-14-8-6-12-26(28)16-17-27-13-7-9-15-29(27)32-21-24(2)30(22-34-32)25-10-4-3-5-11-25/h3-18,20-22,33H,19H2,1-2H3/b17-16+. The molecule has 2 heterocycles. The van der Waals surface area contributed by atoms with Crippen LogP contribution in [0.4, 0.5) is 0 Å². The lowest BCUT2D eigenvalue weighted by atomic mass is 9.97. The summed E-state index contributed by atoms with van der Waals surface area (Å²) in [7, 11) is 0. The Bertz CT molecular complexity index is 1410. The molecule has 5 rings (SSSR count). The van der Waals surface area contributed by atoms with E-state index in [1.807, 2.05) is 12.3 Å². The second-order valence-corrected chi connectivity index (χ2v) is 8.65. The molecule has 4 aromatic rings. The van der Waals surface area contributed by atoms with Crippen molar-refractivity contribution in [2.24, 2.45) is 0 Å². The second kappa shape index (κ2) is 9.76. The van der Waals surface area contributed by atoms with Crippen LogP contribution in [0, 0.1) is 6.92 Å². The van der Waals surface area contributed by atoms with Gasteiger partial charge in [0.2, 0.25) is 0 Å². The van der Waals surface area contributed by atoms with Gasteiger partial charge in [0.15, 0.2) is 0 Å². The van der Waals surface area contributed by atoms with Crippen LogP contribution in [0.25, 0.3) is 40.2 Å². The molecule has 0 saturated carbocycles. The Morgan fingerprint density at radius 1 is 0.735 bits per heavy atom. The van der Waals surface area contributed by atoms with Crippen molar-refractivity contribution in [2.45, 2.75) is 13.8 Å². The molecule has 1 N–H and O–H groups in total. The van der Waals surface area contributed by atoms with Crippen LogP contribution in [0.5, 0.6) is 0 Å². The van der Waals surface area contributed by atoms with Gasteiger partial charge >= 0.3 is 0 Å². The number of aromatic nitrogens is 1. The van der Waals surface area contributed by atoms with Gasteiger partial charge in [0.05, 0.1) is 5.69 Å². The van der Waals surface area contributed by atoms with Gasteiger partial charge in [0.25, 0.3) is 0 Å². The van der Waals surface area contributed by atoms with Gasteiger partial charge in [-0.3, -0.25) is 4.98 Å². The number of hydrogen-bond donors (Lipinski definition) is 1. The van der Waals surface area contributed by atoms with Crippen LogP contribution in [0.2, 0.25) is 0 Å². The van der Waals surface area contributed by atoms with E-state index in [1.54, 1.807) is 0 Å². The first-order chi connectivity index (χ1) is 16.7. The van der Waals surface area contributed by atoms with Crippen molar-refractivity contribution in [2.75, 3.05) is 6.54 Å². The second-order valence-electron chi connectivity index (χ2n) is 8.65. The average Bonchev–Trinajstić information content (AvgIpc) is 2.88. The lowest BCUT2D eigenvalue weighted by Gasteiger charge is -2.17. The summed E-state index contributed by atoms with van der Waals surface area (Å²) in [5.41, 5.74) is 11.7. The summed E-state index contributed by atoms with van der Waals surface area (Å²) >= 11 is 0. The summed E-state index contributed by atoms with van der Waals surface area (Å²) in [6.45, 7) is 5.17. The molecule has 1 aliphatic heterocycles. The van der Waals surface area contributed by atoms with Gasteiger partial charge in [-0.25, -0.2) is 0 Å². The van der Waals surface area contributed by atoms with Crippen molar-refractivity contribution in [3.05, 3.63) is 131 Å². The van der Waals surface area contributed by atoms with E-state index in [1.165, 1.54) is 39.1 Å². The molecule has 0 radical (unpaired) electrons. The van der Waals surface area contributed by atoms with E-state index in [2.05, 4.69) is 122 Å². The fourth-order valence-electron chi connectivity index (χ4n) is 4.40. The summed E-state index contributed by atoms with van der Waals surface area (Å²) in [6, 6.07) is 29.6. The van der Waals surface area contributed by atoms with Gasteiger partial charge in [0, 0.05) is 35.1 Å². The summed E-state index contributed by atoms with van der Waals surface area (Å²) in [5, 5.41) is 3.51. The van der Waals surface area contributed by atoms with Gasteiger partial charge in [-0.15, -0.1) is 0 Å². The Morgan fingerprint density at radius 2 is 1.38 bits per heavy atom. The first-order valence-corrected chi connectivity index (χ1v) is 11.7. The van der Waals surface area contributed by atoms with E-state index in [-0.39, 0.29) is 0 Å². The predicted octanol–water partition coefficient (Wildman–Crippen LogP) is 7.78. The fraction of sp³-hybridized carbons (Fsp3) is 0.0938. The lowest BCUT2D eigenvalue weighted by Crippen LogP contribution is -2.16. The molecule has 2 nitrogen and oxygen atoms in total. The van der Waals surface area contributed by atoms with Crippen LogP contribution in [0.3, 0.4) is 0 Å². The van der Waals surface area contributed by atoms with Crippen LogP contribution in [0.1, 0.15) is 29.2 Å². The van der Waals surface area contributed by atoms with Gasteiger partial charge < -0.3 is 5.32 Å². The Morgan fingerprint density at radius 3 is 2.09 bits per heavy atom. The van der Waals surface area contributed by atoms with Crippen LogP contribution >= 0.6 is 0 Å². The fourth-order valence-corrected chi connectivity index (χ4v) is 4.40. The minimum atomic E-state index is 0.864. The minimum Gasteiger partial charge on any atom is -0.381 e. The molecule has 0 saturated heterocycles. The third kappa shape index (κ3) is 4.62. The molecule has 0 unspecified atom stereocenters. The number of dihydropyridines is 1. The van der Waals surface area contributed by atoms with Crippen LogP contribution in [-0.4, -0.2) is 11.5 Å². The zero-order valence-corrected chi connectivity index (χ0v) is 19.6. The molecule has 0 fully saturated rings. The third-order valence-corrected chi connectivity index (χ3v) is 6.21. The largest absolute Gasteiger partial charge is 0.381 e. The molecule has 34 heavy (non-hydrogen) atoms. The van der Waals surface area contributed by atoms with Crippen molar-refractivity contribution >= 4 is 17.8 Å². The number of pyridine rings is 1. The molecule has 0 atom stereocenters. The molecular formula is C32H28N2. The molecule has 0 bridgehead atoms. The van der Waals surface area contributed by atoms with E-state index in [0.717, 1.165) is 23.4 Å². The van der Waals surface area contributed by atoms with Crippen molar-refractivity contribution in [1.82, 2.24) is 10.3 Å². The highest BCUT2D eigenvalue weighted by Crippen LogP contribution is 2.30. The van der Waals surface area contributed by atoms with Gasteiger partial charge in [-0.1, -0.05) is 103 Å². The van der Waals surface area contributed by atoms with Gasteiger partial charge in [-0.2, -0.15) is 0 Å². The highest BCUT2D eigenvalue weighted by atomic mass is 14.9. The Hall–Kier alpha value is -4.17. The summed E-state index contributed by atoms with van der Waals surface area (Å²) in [5.74, 6) is 0. The maximum Gasteiger partial charge on any atom is 0.0711 e. The van der Waals surface area contributed by atoms with Crippen molar-refractivity contribution in [1.29, 1.82) is 0 Å². The maximum atomic E-state index is 4.84. The van der Waals surface area contributed by atoms with Crippen LogP contribution in [-0.2, 0) is 0 Å². The summed E-state index contributed by atoms with van der Waals surface area (Å²) in [6.07, 6.45) is 10.8. The molecule has 0 spiro atoms. The van der Waals surface area contributed by atoms with Crippen molar-refractivity contribution in [3.63, 3.8) is 0 Å².